The minimum atomic E-state index is 0. The first kappa shape index (κ1) is 21.5. The Morgan fingerprint density at radius 1 is 1.05 bits per heavy atom. The predicted molar refractivity (Wildman–Crippen MR) is 92.9 cm³/mol. The molecule has 0 aliphatic heterocycles. The molecule has 0 N–H and O–H groups in total. The Hall–Kier alpha value is -0.514. The van der Waals surface area contributed by atoms with E-state index in [1.54, 1.807) is 0 Å². The fraction of sp³-hybridized carbons (Fsp3) is 0.368. The molecule has 0 bridgehead atoms. The van der Waals surface area contributed by atoms with E-state index < -0.39 is 0 Å². The third-order valence-corrected chi connectivity index (χ3v) is 3.59. The minimum Gasteiger partial charge on any atom is -1.00 e. The molecule has 0 saturated heterocycles. The molecule has 0 aliphatic rings. The van der Waals surface area contributed by atoms with Crippen LogP contribution in [0.25, 0.3) is 0 Å². The monoisotopic (exact) mass is 369 g/mol. The average Bonchev–Trinajstić information content (AvgIpc) is 2.45. The van der Waals surface area contributed by atoms with Gasteiger partial charge in [0.15, 0.2) is 0 Å². The standard InChI is InChI=1S/C19H24N.BrH.Mg/c1-5-20(15-16-10-7-6-8-11-16)18-13-9-12-17(14-18)19(2,3)4;;/h6-12,14H,5,15H2,1-4H3;1H;/q-1;;+2/p-1. The van der Waals surface area contributed by atoms with Crippen LogP contribution in [-0.2, 0) is 12.0 Å². The molecule has 0 aromatic heterocycles. The van der Waals surface area contributed by atoms with Crippen LogP contribution in [0, 0.1) is 6.07 Å². The zero-order chi connectivity index (χ0) is 14.6. The van der Waals surface area contributed by atoms with Crippen molar-refractivity contribution in [2.45, 2.75) is 39.7 Å². The summed E-state index contributed by atoms with van der Waals surface area (Å²) in [5, 5.41) is 0. The van der Waals surface area contributed by atoms with Gasteiger partial charge in [0.1, 0.15) is 0 Å². The average molecular weight is 371 g/mol. The zero-order valence-electron chi connectivity index (χ0n) is 14.1. The van der Waals surface area contributed by atoms with Crippen molar-refractivity contribution in [3.05, 3.63) is 65.7 Å². The number of rotatable bonds is 4. The van der Waals surface area contributed by atoms with Gasteiger partial charge in [-0.05, 0) is 17.9 Å². The van der Waals surface area contributed by atoms with Crippen LogP contribution >= 0.6 is 0 Å². The third-order valence-electron chi connectivity index (χ3n) is 3.59. The summed E-state index contributed by atoms with van der Waals surface area (Å²) in [4.78, 5) is 2.37. The Labute approximate surface area is 162 Å². The summed E-state index contributed by atoms with van der Waals surface area (Å²) < 4.78 is 0. The van der Waals surface area contributed by atoms with E-state index in [1.165, 1.54) is 16.8 Å². The van der Waals surface area contributed by atoms with E-state index in [2.05, 4.69) is 81.1 Å². The Morgan fingerprint density at radius 3 is 2.23 bits per heavy atom. The smallest absolute Gasteiger partial charge is 1.00 e. The Bertz CT molecular complexity index is 549. The summed E-state index contributed by atoms with van der Waals surface area (Å²) in [5.74, 6) is 0. The number of nitrogens with zero attached hydrogens (tertiary/aromatic N) is 1. The fourth-order valence-electron chi connectivity index (χ4n) is 2.27. The molecule has 3 heteroatoms. The van der Waals surface area contributed by atoms with E-state index in [-0.39, 0.29) is 45.4 Å². The van der Waals surface area contributed by atoms with Crippen LogP contribution in [0.1, 0.15) is 38.8 Å². The van der Waals surface area contributed by atoms with Crippen LogP contribution < -0.4 is 21.9 Å². The molecule has 0 atom stereocenters. The van der Waals surface area contributed by atoms with Gasteiger partial charge in [0.05, 0.1) is 0 Å². The molecule has 0 radical (unpaired) electrons. The number of benzene rings is 2. The van der Waals surface area contributed by atoms with E-state index in [0.29, 0.717) is 0 Å². The largest absolute Gasteiger partial charge is 2.00 e. The Kier molecular flexibility index (Phi) is 9.36. The normalized spacial score (nSPS) is 10.4. The van der Waals surface area contributed by atoms with Crippen molar-refractivity contribution < 1.29 is 17.0 Å². The molecule has 0 amide bonds. The van der Waals surface area contributed by atoms with Gasteiger partial charge in [-0.3, -0.25) is 0 Å². The predicted octanol–water partition coefficient (Wildman–Crippen LogP) is 1.43. The first-order valence-corrected chi connectivity index (χ1v) is 7.32. The first-order chi connectivity index (χ1) is 9.50. The van der Waals surface area contributed by atoms with Crippen molar-refractivity contribution in [1.82, 2.24) is 0 Å². The molecular formula is C19H24BrMgN. The van der Waals surface area contributed by atoms with E-state index >= 15 is 0 Å². The van der Waals surface area contributed by atoms with Gasteiger partial charge in [-0.25, -0.2) is 0 Å². The summed E-state index contributed by atoms with van der Waals surface area (Å²) in [6, 6.07) is 20.5. The second-order valence-electron chi connectivity index (χ2n) is 6.21. The molecule has 0 aliphatic carbocycles. The Balaban J connectivity index is 0.00000220. The van der Waals surface area contributed by atoms with E-state index in [4.69, 9.17) is 0 Å². The van der Waals surface area contributed by atoms with E-state index in [9.17, 15) is 0 Å². The van der Waals surface area contributed by atoms with Crippen molar-refractivity contribution in [1.29, 1.82) is 0 Å². The van der Waals surface area contributed by atoms with Gasteiger partial charge in [0, 0.05) is 13.1 Å². The molecule has 2 aromatic rings. The molecule has 114 valence electrons. The second-order valence-corrected chi connectivity index (χ2v) is 6.21. The maximum Gasteiger partial charge on any atom is 2.00 e. The van der Waals surface area contributed by atoms with E-state index in [0.717, 1.165) is 13.1 Å². The molecule has 0 heterocycles. The SMILES string of the molecule is CCN(Cc1ccccc1)c1[c-]ccc(C(C)(C)C)c1.[Br-].[Mg+2]. The van der Waals surface area contributed by atoms with Gasteiger partial charge in [-0.1, -0.05) is 56.8 Å². The maximum absolute atomic E-state index is 3.38. The van der Waals surface area contributed by atoms with Crippen molar-refractivity contribution in [2.75, 3.05) is 11.4 Å². The van der Waals surface area contributed by atoms with Gasteiger partial charge in [-0.15, -0.1) is 6.07 Å². The number of hydrogen-bond acceptors (Lipinski definition) is 1. The number of hydrogen-bond donors (Lipinski definition) is 0. The van der Waals surface area contributed by atoms with Crippen molar-refractivity contribution >= 4 is 28.7 Å². The van der Waals surface area contributed by atoms with Crippen LogP contribution in [-0.4, -0.2) is 29.6 Å². The third kappa shape index (κ3) is 5.94. The zero-order valence-corrected chi connectivity index (χ0v) is 17.1. The number of halogens is 1. The van der Waals surface area contributed by atoms with Gasteiger partial charge >= 0.3 is 23.1 Å². The van der Waals surface area contributed by atoms with Crippen molar-refractivity contribution in [2.24, 2.45) is 0 Å². The van der Waals surface area contributed by atoms with Gasteiger partial charge in [-0.2, -0.15) is 23.8 Å². The maximum atomic E-state index is 3.38. The van der Waals surface area contributed by atoms with Crippen LogP contribution in [0.2, 0.25) is 0 Å². The van der Waals surface area contributed by atoms with Gasteiger partial charge in [0.25, 0.3) is 0 Å². The molecule has 22 heavy (non-hydrogen) atoms. The first-order valence-electron chi connectivity index (χ1n) is 7.32. The summed E-state index contributed by atoms with van der Waals surface area (Å²) in [5.41, 5.74) is 4.06. The van der Waals surface area contributed by atoms with Crippen LogP contribution in [0.5, 0.6) is 0 Å². The van der Waals surface area contributed by atoms with Crippen LogP contribution in [0.4, 0.5) is 5.69 Å². The molecular weight excluding hydrogens is 346 g/mol. The molecule has 2 rings (SSSR count). The summed E-state index contributed by atoms with van der Waals surface area (Å²) in [6.45, 7) is 10.9. The topological polar surface area (TPSA) is 3.24 Å². The molecule has 0 saturated carbocycles. The molecule has 2 aromatic carbocycles. The Morgan fingerprint density at radius 2 is 1.68 bits per heavy atom. The quantitative estimate of drug-likeness (QED) is 0.581. The number of anilines is 1. The fourth-order valence-corrected chi connectivity index (χ4v) is 2.27. The molecule has 0 unspecified atom stereocenters. The molecule has 1 nitrogen and oxygen atoms in total. The van der Waals surface area contributed by atoms with Gasteiger partial charge in [0.2, 0.25) is 0 Å². The van der Waals surface area contributed by atoms with Crippen molar-refractivity contribution in [3.63, 3.8) is 0 Å². The second kappa shape index (κ2) is 9.59. The molecule has 0 fully saturated rings. The van der Waals surface area contributed by atoms with E-state index in [1.807, 2.05) is 6.07 Å². The minimum absolute atomic E-state index is 0. The molecule has 0 spiro atoms. The summed E-state index contributed by atoms with van der Waals surface area (Å²) in [7, 11) is 0. The summed E-state index contributed by atoms with van der Waals surface area (Å²) in [6.07, 6.45) is 0. The van der Waals surface area contributed by atoms with Crippen LogP contribution in [0.3, 0.4) is 0 Å². The van der Waals surface area contributed by atoms with Crippen molar-refractivity contribution in [3.8, 4) is 0 Å². The van der Waals surface area contributed by atoms with Gasteiger partial charge < -0.3 is 21.9 Å². The van der Waals surface area contributed by atoms with Crippen LogP contribution in [0.15, 0.2) is 48.5 Å². The summed E-state index contributed by atoms with van der Waals surface area (Å²) >= 11 is 0.